The number of rotatable bonds is 4. The topological polar surface area (TPSA) is 29.1 Å². The highest BCUT2D eigenvalue weighted by molar-refractivity contribution is 7.71. The van der Waals surface area contributed by atoms with Crippen molar-refractivity contribution in [2.24, 2.45) is 0 Å². The molecule has 0 radical (unpaired) electrons. The van der Waals surface area contributed by atoms with Crippen LogP contribution in [0.4, 0.5) is 0 Å². The molecule has 0 saturated heterocycles. The lowest BCUT2D eigenvalue weighted by molar-refractivity contribution is 0.0983. The van der Waals surface area contributed by atoms with Gasteiger partial charge in [0.2, 0.25) is 0 Å². The van der Waals surface area contributed by atoms with Crippen molar-refractivity contribution in [1.82, 2.24) is 5.09 Å². The van der Waals surface area contributed by atoms with Crippen molar-refractivity contribution in [3.63, 3.8) is 0 Å². The summed E-state index contributed by atoms with van der Waals surface area (Å²) in [7, 11) is -0.921. The minimum absolute atomic E-state index is 0.0381. The third-order valence-corrected chi connectivity index (χ3v) is 5.61. The van der Waals surface area contributed by atoms with Crippen LogP contribution < -0.4 is 15.7 Å². The summed E-state index contributed by atoms with van der Waals surface area (Å²) < 4.78 is 0. The molecule has 0 aliphatic carbocycles. The van der Waals surface area contributed by atoms with Gasteiger partial charge in [-0.3, -0.25) is 4.79 Å². The first-order valence-corrected chi connectivity index (χ1v) is 8.86. The van der Waals surface area contributed by atoms with Gasteiger partial charge in [0.1, 0.15) is 0 Å². The molecular formula is C20H18NOP. The van der Waals surface area contributed by atoms with Crippen LogP contribution in [0.1, 0.15) is 15.9 Å². The van der Waals surface area contributed by atoms with E-state index < -0.39 is 8.07 Å². The van der Waals surface area contributed by atoms with E-state index in [-0.39, 0.29) is 5.91 Å². The van der Waals surface area contributed by atoms with E-state index in [1.807, 2.05) is 67.6 Å². The Hall–Kier alpha value is -2.44. The Kier molecular flexibility index (Phi) is 4.85. The third-order valence-electron chi connectivity index (χ3n) is 3.56. The average molecular weight is 319 g/mol. The van der Waals surface area contributed by atoms with Gasteiger partial charge in [-0.25, -0.2) is 0 Å². The standard InChI is InChI=1S/C20H18NOP/c1-16-12-14-17(15-13-16)20(22)21-23(18-8-4-2-5-9-18)19-10-6-3-7-11-19/h2-15H,1H3,(H,21,22). The van der Waals surface area contributed by atoms with E-state index in [0.717, 1.165) is 16.2 Å². The molecule has 3 rings (SSSR count). The van der Waals surface area contributed by atoms with Crippen molar-refractivity contribution >= 4 is 24.6 Å². The van der Waals surface area contributed by atoms with Gasteiger partial charge in [0.15, 0.2) is 0 Å². The SMILES string of the molecule is Cc1ccc(C(=O)NP(c2ccccc2)c2ccccc2)cc1. The van der Waals surface area contributed by atoms with Crippen LogP contribution in [0.2, 0.25) is 0 Å². The molecule has 3 aromatic rings. The number of carbonyl (C=O) groups is 1. The molecule has 23 heavy (non-hydrogen) atoms. The zero-order valence-electron chi connectivity index (χ0n) is 12.9. The zero-order chi connectivity index (χ0) is 16.1. The molecule has 1 N–H and O–H groups in total. The largest absolute Gasteiger partial charge is 0.323 e. The summed E-state index contributed by atoms with van der Waals surface area (Å²) in [6.45, 7) is 2.02. The van der Waals surface area contributed by atoms with Crippen LogP contribution in [0.25, 0.3) is 0 Å². The van der Waals surface area contributed by atoms with E-state index in [4.69, 9.17) is 0 Å². The Labute approximate surface area is 138 Å². The second-order valence-electron chi connectivity index (χ2n) is 5.31. The Balaban J connectivity index is 1.90. The maximum atomic E-state index is 12.6. The molecule has 0 aromatic heterocycles. The minimum atomic E-state index is -0.921. The summed E-state index contributed by atoms with van der Waals surface area (Å²) in [6.07, 6.45) is 0. The van der Waals surface area contributed by atoms with E-state index in [1.54, 1.807) is 0 Å². The van der Waals surface area contributed by atoms with Gasteiger partial charge in [-0.1, -0.05) is 78.4 Å². The summed E-state index contributed by atoms with van der Waals surface area (Å²) >= 11 is 0. The molecule has 114 valence electrons. The summed E-state index contributed by atoms with van der Waals surface area (Å²) in [5.74, 6) is -0.0381. The lowest BCUT2D eigenvalue weighted by atomic mass is 10.1. The number of aryl methyl sites for hydroxylation is 1. The van der Waals surface area contributed by atoms with Gasteiger partial charge < -0.3 is 5.09 Å². The van der Waals surface area contributed by atoms with Gasteiger partial charge in [-0.15, -0.1) is 0 Å². The molecule has 0 saturated carbocycles. The van der Waals surface area contributed by atoms with Crippen LogP contribution in [0.3, 0.4) is 0 Å². The summed E-state index contributed by atoms with van der Waals surface area (Å²) in [5.41, 5.74) is 1.84. The summed E-state index contributed by atoms with van der Waals surface area (Å²) in [5, 5.41) is 5.48. The molecule has 0 aliphatic heterocycles. The first-order valence-electron chi connectivity index (χ1n) is 7.52. The van der Waals surface area contributed by atoms with Crippen LogP contribution in [-0.4, -0.2) is 5.91 Å². The van der Waals surface area contributed by atoms with Crippen LogP contribution in [0.5, 0.6) is 0 Å². The number of nitrogens with one attached hydrogen (secondary N) is 1. The maximum absolute atomic E-state index is 12.6. The molecule has 1 amide bonds. The fourth-order valence-electron chi connectivity index (χ4n) is 2.30. The Morgan fingerprint density at radius 1 is 0.739 bits per heavy atom. The normalized spacial score (nSPS) is 10.5. The van der Waals surface area contributed by atoms with E-state index in [0.29, 0.717) is 5.56 Å². The van der Waals surface area contributed by atoms with Gasteiger partial charge in [0, 0.05) is 16.2 Å². The predicted molar refractivity (Wildman–Crippen MR) is 97.7 cm³/mol. The summed E-state index contributed by atoms with van der Waals surface area (Å²) in [4.78, 5) is 12.6. The maximum Gasteiger partial charge on any atom is 0.254 e. The van der Waals surface area contributed by atoms with E-state index in [1.165, 1.54) is 0 Å². The van der Waals surface area contributed by atoms with E-state index in [9.17, 15) is 4.79 Å². The monoisotopic (exact) mass is 319 g/mol. The fourth-order valence-corrected chi connectivity index (χ4v) is 4.13. The third kappa shape index (κ3) is 3.85. The molecule has 0 heterocycles. The Morgan fingerprint density at radius 3 is 1.70 bits per heavy atom. The predicted octanol–water partition coefficient (Wildman–Crippen LogP) is 3.77. The molecule has 0 spiro atoms. The Bertz CT molecular complexity index is 730. The van der Waals surface area contributed by atoms with Gasteiger partial charge in [-0.2, -0.15) is 0 Å². The van der Waals surface area contributed by atoms with Crippen LogP contribution >= 0.6 is 8.07 Å². The van der Waals surface area contributed by atoms with Crippen LogP contribution in [-0.2, 0) is 0 Å². The smallest absolute Gasteiger partial charge is 0.254 e. The molecular weight excluding hydrogens is 301 g/mol. The highest BCUT2D eigenvalue weighted by Gasteiger charge is 2.17. The molecule has 3 heteroatoms. The van der Waals surface area contributed by atoms with Crippen molar-refractivity contribution in [3.05, 3.63) is 96.1 Å². The number of amides is 1. The second-order valence-corrected chi connectivity index (χ2v) is 7.24. The van der Waals surface area contributed by atoms with Crippen LogP contribution in [0.15, 0.2) is 84.9 Å². The first kappa shape index (κ1) is 15.5. The van der Waals surface area contributed by atoms with Crippen molar-refractivity contribution in [3.8, 4) is 0 Å². The number of benzene rings is 3. The molecule has 0 fully saturated rings. The van der Waals surface area contributed by atoms with Crippen molar-refractivity contribution < 1.29 is 4.79 Å². The highest BCUT2D eigenvalue weighted by atomic mass is 31.1. The van der Waals surface area contributed by atoms with Gasteiger partial charge >= 0.3 is 0 Å². The second kappa shape index (κ2) is 7.21. The minimum Gasteiger partial charge on any atom is -0.323 e. The lowest BCUT2D eigenvalue weighted by Crippen LogP contribution is -2.28. The average Bonchev–Trinajstić information content (AvgIpc) is 2.61. The molecule has 0 unspecified atom stereocenters. The zero-order valence-corrected chi connectivity index (χ0v) is 13.8. The van der Waals surface area contributed by atoms with Gasteiger partial charge in [-0.05, 0) is 19.1 Å². The first-order chi connectivity index (χ1) is 11.2. The molecule has 0 aliphatic rings. The highest BCUT2D eigenvalue weighted by Crippen LogP contribution is 2.29. The molecule has 3 aromatic carbocycles. The fraction of sp³-hybridized carbons (Fsp3) is 0.0500. The molecule has 0 atom stereocenters. The number of hydrogen-bond acceptors (Lipinski definition) is 1. The van der Waals surface area contributed by atoms with Crippen LogP contribution in [0, 0.1) is 6.92 Å². The van der Waals surface area contributed by atoms with Crippen molar-refractivity contribution in [2.75, 3.05) is 0 Å². The lowest BCUT2D eigenvalue weighted by Gasteiger charge is -2.19. The van der Waals surface area contributed by atoms with Crippen molar-refractivity contribution in [1.29, 1.82) is 0 Å². The van der Waals surface area contributed by atoms with Gasteiger partial charge in [0.05, 0.1) is 8.07 Å². The van der Waals surface area contributed by atoms with Crippen molar-refractivity contribution in [2.45, 2.75) is 6.92 Å². The Morgan fingerprint density at radius 2 is 1.22 bits per heavy atom. The number of carbonyl (C=O) groups excluding carboxylic acids is 1. The van der Waals surface area contributed by atoms with E-state index in [2.05, 4.69) is 29.4 Å². The molecule has 0 bridgehead atoms. The van der Waals surface area contributed by atoms with Gasteiger partial charge in [0.25, 0.3) is 5.91 Å². The molecule has 2 nitrogen and oxygen atoms in total. The number of hydrogen-bond donors (Lipinski definition) is 1. The van der Waals surface area contributed by atoms with E-state index >= 15 is 0 Å². The quantitative estimate of drug-likeness (QED) is 0.729. The summed E-state index contributed by atoms with van der Waals surface area (Å²) in [6, 6.07) is 27.9.